The number of hydrogen-bond donors (Lipinski definition) is 0. The second kappa shape index (κ2) is 2.02. The number of fused-ring (bicyclic) bond motifs is 1. The van der Waals surface area contributed by atoms with Crippen molar-refractivity contribution in [2.24, 2.45) is 0 Å². The van der Waals surface area contributed by atoms with Crippen LogP contribution < -0.4 is 0 Å². The second-order valence-corrected chi connectivity index (χ2v) is 2.56. The van der Waals surface area contributed by atoms with Crippen molar-refractivity contribution in [2.45, 2.75) is 6.54 Å². The van der Waals surface area contributed by atoms with Gasteiger partial charge in [0.1, 0.15) is 12.0 Å². The maximum Gasteiger partial charge on any atom is 0.272 e. The van der Waals surface area contributed by atoms with Crippen LogP contribution in [0, 0.1) is 0 Å². The van der Waals surface area contributed by atoms with Crippen LogP contribution in [0.25, 0.3) is 0 Å². The van der Waals surface area contributed by atoms with Crippen molar-refractivity contribution in [1.82, 2.24) is 14.9 Å². The molecule has 2 heterocycles. The van der Waals surface area contributed by atoms with Crippen molar-refractivity contribution in [3.8, 4) is 0 Å². The number of amides is 1. The minimum Gasteiger partial charge on any atom is -0.336 e. The third-order valence-corrected chi connectivity index (χ3v) is 1.74. The molecule has 1 aromatic rings. The first-order chi connectivity index (χ1) is 5.29. The van der Waals surface area contributed by atoms with Gasteiger partial charge in [0.15, 0.2) is 0 Å². The molecule has 4 heteroatoms. The van der Waals surface area contributed by atoms with E-state index in [0.717, 1.165) is 5.56 Å². The van der Waals surface area contributed by atoms with Gasteiger partial charge in [0.25, 0.3) is 5.91 Å². The van der Waals surface area contributed by atoms with E-state index in [1.54, 1.807) is 18.1 Å². The Balaban J connectivity index is 2.55. The molecule has 2 rings (SSSR count). The summed E-state index contributed by atoms with van der Waals surface area (Å²) in [6, 6.07) is 0. The van der Waals surface area contributed by atoms with Gasteiger partial charge >= 0.3 is 0 Å². The third-order valence-electron chi connectivity index (χ3n) is 1.74. The zero-order valence-electron chi connectivity index (χ0n) is 6.11. The fourth-order valence-electron chi connectivity index (χ4n) is 1.17. The fourth-order valence-corrected chi connectivity index (χ4v) is 1.17. The molecule has 1 aliphatic heterocycles. The molecule has 0 spiro atoms. The van der Waals surface area contributed by atoms with Crippen LogP contribution in [0.15, 0.2) is 12.5 Å². The second-order valence-electron chi connectivity index (χ2n) is 2.56. The van der Waals surface area contributed by atoms with Crippen LogP contribution in [0.1, 0.15) is 16.1 Å². The molecular formula is C7H7N3O. The van der Waals surface area contributed by atoms with Gasteiger partial charge in [-0.05, 0) is 0 Å². The van der Waals surface area contributed by atoms with Crippen molar-refractivity contribution in [3.63, 3.8) is 0 Å². The Morgan fingerprint density at radius 2 is 2.45 bits per heavy atom. The van der Waals surface area contributed by atoms with E-state index in [1.165, 1.54) is 6.33 Å². The van der Waals surface area contributed by atoms with E-state index in [4.69, 9.17) is 0 Å². The van der Waals surface area contributed by atoms with Crippen molar-refractivity contribution in [2.75, 3.05) is 7.05 Å². The third kappa shape index (κ3) is 0.790. The highest BCUT2D eigenvalue weighted by atomic mass is 16.2. The molecule has 56 valence electrons. The lowest BCUT2D eigenvalue weighted by Crippen LogP contribution is -2.18. The molecule has 0 unspecified atom stereocenters. The quantitative estimate of drug-likeness (QED) is 0.524. The Morgan fingerprint density at radius 1 is 1.64 bits per heavy atom. The fraction of sp³-hybridized carbons (Fsp3) is 0.286. The molecule has 0 saturated carbocycles. The summed E-state index contributed by atoms with van der Waals surface area (Å²) in [6.07, 6.45) is 3.08. The molecule has 0 atom stereocenters. The average Bonchev–Trinajstić information content (AvgIpc) is 2.30. The van der Waals surface area contributed by atoms with Gasteiger partial charge in [0, 0.05) is 25.4 Å². The highest BCUT2D eigenvalue weighted by Gasteiger charge is 2.25. The minimum atomic E-state index is -0.0117. The lowest BCUT2D eigenvalue weighted by molar-refractivity contribution is 0.0812. The first-order valence-corrected chi connectivity index (χ1v) is 3.33. The molecule has 0 bridgehead atoms. The van der Waals surface area contributed by atoms with Gasteiger partial charge < -0.3 is 4.90 Å². The lowest BCUT2D eigenvalue weighted by atomic mass is 10.3. The molecule has 0 N–H and O–H groups in total. The maximum absolute atomic E-state index is 11.2. The molecule has 0 radical (unpaired) electrons. The first kappa shape index (κ1) is 6.27. The highest BCUT2D eigenvalue weighted by Crippen LogP contribution is 2.16. The van der Waals surface area contributed by atoms with E-state index < -0.39 is 0 Å². The molecule has 4 nitrogen and oxygen atoms in total. The van der Waals surface area contributed by atoms with Crippen LogP contribution in [-0.4, -0.2) is 27.8 Å². The molecule has 0 saturated heterocycles. The zero-order chi connectivity index (χ0) is 7.84. The van der Waals surface area contributed by atoms with Gasteiger partial charge in [-0.25, -0.2) is 9.97 Å². The average molecular weight is 149 g/mol. The Hall–Kier alpha value is -1.45. The number of nitrogens with zero attached hydrogens (tertiary/aromatic N) is 3. The van der Waals surface area contributed by atoms with Crippen molar-refractivity contribution in [1.29, 1.82) is 0 Å². The monoisotopic (exact) mass is 149 g/mol. The molecule has 0 aliphatic carbocycles. The summed E-state index contributed by atoms with van der Waals surface area (Å²) in [5, 5.41) is 0. The molecule has 1 aliphatic rings. The predicted octanol–water partition coefficient (Wildman–Crippen LogP) is 0.0622. The molecule has 1 aromatic heterocycles. The van der Waals surface area contributed by atoms with Crippen LogP contribution in [0.3, 0.4) is 0 Å². The summed E-state index contributed by atoms with van der Waals surface area (Å²) in [7, 11) is 1.75. The van der Waals surface area contributed by atoms with Gasteiger partial charge in [-0.3, -0.25) is 4.79 Å². The van der Waals surface area contributed by atoms with E-state index in [9.17, 15) is 4.79 Å². The van der Waals surface area contributed by atoms with Crippen LogP contribution in [0.2, 0.25) is 0 Å². The summed E-state index contributed by atoms with van der Waals surface area (Å²) in [5.74, 6) is -0.0117. The smallest absolute Gasteiger partial charge is 0.272 e. The van der Waals surface area contributed by atoms with E-state index in [1.807, 2.05) is 0 Å². The summed E-state index contributed by atoms with van der Waals surface area (Å²) < 4.78 is 0. The largest absolute Gasteiger partial charge is 0.336 e. The highest BCUT2D eigenvalue weighted by molar-refractivity contribution is 5.95. The van der Waals surface area contributed by atoms with Gasteiger partial charge in [-0.15, -0.1) is 0 Å². The molecule has 11 heavy (non-hydrogen) atoms. The van der Waals surface area contributed by atoms with Crippen molar-refractivity contribution >= 4 is 5.91 Å². The Bertz CT molecular complexity index is 310. The SMILES string of the molecule is CN1Cc2cncnc2C1=O. The van der Waals surface area contributed by atoms with Gasteiger partial charge in [0.2, 0.25) is 0 Å². The number of hydrogen-bond acceptors (Lipinski definition) is 3. The number of carbonyl (C=O) groups is 1. The van der Waals surface area contributed by atoms with Gasteiger partial charge in [0.05, 0.1) is 0 Å². The molecule has 0 fully saturated rings. The number of aromatic nitrogens is 2. The maximum atomic E-state index is 11.2. The summed E-state index contributed by atoms with van der Waals surface area (Å²) in [5.41, 5.74) is 1.46. The number of rotatable bonds is 0. The molecular weight excluding hydrogens is 142 g/mol. The van der Waals surface area contributed by atoms with Crippen LogP contribution in [-0.2, 0) is 6.54 Å². The topological polar surface area (TPSA) is 46.1 Å². The van der Waals surface area contributed by atoms with Gasteiger partial charge in [-0.2, -0.15) is 0 Å². The van der Waals surface area contributed by atoms with Gasteiger partial charge in [-0.1, -0.05) is 0 Å². The predicted molar refractivity (Wildman–Crippen MR) is 37.8 cm³/mol. The minimum absolute atomic E-state index is 0.0117. The van der Waals surface area contributed by atoms with Crippen LogP contribution >= 0.6 is 0 Å². The summed E-state index contributed by atoms with van der Waals surface area (Å²) >= 11 is 0. The van der Waals surface area contributed by atoms with E-state index in [-0.39, 0.29) is 5.91 Å². The molecule has 1 amide bonds. The van der Waals surface area contributed by atoms with Crippen LogP contribution in [0.5, 0.6) is 0 Å². The standard InChI is InChI=1S/C7H7N3O/c1-10-3-5-2-8-4-9-6(5)7(10)11/h2,4H,3H2,1H3. The lowest BCUT2D eigenvalue weighted by Gasteiger charge is -2.03. The van der Waals surface area contributed by atoms with Crippen LogP contribution in [0.4, 0.5) is 0 Å². The number of carbonyl (C=O) groups excluding carboxylic acids is 1. The van der Waals surface area contributed by atoms with Crippen molar-refractivity contribution in [3.05, 3.63) is 23.8 Å². The summed E-state index contributed by atoms with van der Waals surface area (Å²) in [6.45, 7) is 0.634. The van der Waals surface area contributed by atoms with E-state index in [0.29, 0.717) is 12.2 Å². The molecule has 0 aromatic carbocycles. The Morgan fingerprint density at radius 3 is 3.18 bits per heavy atom. The van der Waals surface area contributed by atoms with E-state index >= 15 is 0 Å². The first-order valence-electron chi connectivity index (χ1n) is 3.33. The summed E-state index contributed by atoms with van der Waals surface area (Å²) in [4.78, 5) is 20.6. The Kier molecular flexibility index (Phi) is 1.15. The zero-order valence-corrected chi connectivity index (χ0v) is 6.11. The normalized spacial score (nSPS) is 15.4. The Labute approximate surface area is 63.9 Å². The van der Waals surface area contributed by atoms with E-state index in [2.05, 4.69) is 9.97 Å². The van der Waals surface area contributed by atoms with Crippen molar-refractivity contribution < 1.29 is 4.79 Å².